The molecule has 0 aliphatic heterocycles. The lowest BCUT2D eigenvalue weighted by Crippen LogP contribution is -1.92. The van der Waals surface area contributed by atoms with Crippen LogP contribution in [0.25, 0.3) is 5.57 Å². The van der Waals surface area contributed by atoms with Gasteiger partial charge in [0.15, 0.2) is 0 Å². The van der Waals surface area contributed by atoms with Gasteiger partial charge in [-0.1, -0.05) is 59.7 Å². The van der Waals surface area contributed by atoms with Crippen LogP contribution in [0.5, 0.6) is 0 Å². The van der Waals surface area contributed by atoms with Crippen molar-refractivity contribution in [1.82, 2.24) is 0 Å². The van der Waals surface area contributed by atoms with Crippen LogP contribution in [0, 0.1) is 20.8 Å². The van der Waals surface area contributed by atoms with Crippen molar-refractivity contribution in [2.75, 3.05) is 0 Å². The number of allylic oxidation sites excluding steroid dienone is 4. The van der Waals surface area contributed by atoms with Gasteiger partial charge in [0.25, 0.3) is 0 Å². The zero-order chi connectivity index (χ0) is 16.4. The summed E-state index contributed by atoms with van der Waals surface area (Å²) in [7, 11) is 0. The van der Waals surface area contributed by atoms with Crippen molar-refractivity contribution in [2.24, 2.45) is 4.99 Å². The van der Waals surface area contributed by atoms with E-state index in [9.17, 15) is 0 Å². The van der Waals surface area contributed by atoms with Crippen molar-refractivity contribution in [3.63, 3.8) is 0 Å². The summed E-state index contributed by atoms with van der Waals surface area (Å²) >= 11 is 0. The number of nitrogens with zero attached hydrogens (tertiary/aromatic N) is 1. The molecule has 0 saturated carbocycles. The third kappa shape index (κ3) is 3.34. The molecule has 0 aromatic heterocycles. The first-order valence-electron chi connectivity index (χ1n) is 8.13. The van der Waals surface area contributed by atoms with Crippen molar-refractivity contribution in [1.29, 1.82) is 0 Å². The van der Waals surface area contributed by atoms with Crippen LogP contribution < -0.4 is 0 Å². The second-order valence-electron chi connectivity index (χ2n) is 6.41. The SMILES string of the molecule is CC1=CCC(c2ccccc2/C=N/c2c(C)cc(C)cc2C)=C1. The first-order chi connectivity index (χ1) is 11.0. The van der Waals surface area contributed by atoms with Crippen molar-refractivity contribution in [3.05, 3.63) is 81.9 Å². The average Bonchev–Trinajstić information content (AvgIpc) is 2.93. The molecule has 0 spiro atoms. The Bertz CT molecular complexity index is 812. The molecule has 1 heteroatoms. The molecule has 0 N–H and O–H groups in total. The Hall–Kier alpha value is -2.41. The van der Waals surface area contributed by atoms with Gasteiger partial charge in [0, 0.05) is 11.8 Å². The smallest absolute Gasteiger partial charge is 0.0688 e. The first kappa shape index (κ1) is 15.5. The lowest BCUT2D eigenvalue weighted by atomic mass is 9.99. The first-order valence-corrected chi connectivity index (χ1v) is 8.13. The minimum atomic E-state index is 1.01. The Labute approximate surface area is 139 Å². The van der Waals surface area contributed by atoms with Crippen LogP contribution in [0.1, 0.15) is 41.2 Å². The molecule has 1 nitrogen and oxygen atoms in total. The van der Waals surface area contributed by atoms with Gasteiger partial charge in [-0.3, -0.25) is 4.99 Å². The highest BCUT2D eigenvalue weighted by molar-refractivity contribution is 5.91. The van der Waals surface area contributed by atoms with Gasteiger partial charge in [-0.15, -0.1) is 0 Å². The largest absolute Gasteiger partial charge is 0.256 e. The van der Waals surface area contributed by atoms with Gasteiger partial charge in [-0.05, 0) is 56.4 Å². The van der Waals surface area contributed by atoms with E-state index in [2.05, 4.69) is 76.2 Å². The van der Waals surface area contributed by atoms with Crippen LogP contribution in [0.3, 0.4) is 0 Å². The van der Waals surface area contributed by atoms with Crippen LogP contribution in [0.15, 0.2) is 59.1 Å². The molecule has 2 aromatic carbocycles. The molecule has 0 atom stereocenters. The molecular weight excluding hydrogens is 278 g/mol. The summed E-state index contributed by atoms with van der Waals surface area (Å²) in [4.78, 5) is 4.80. The van der Waals surface area contributed by atoms with E-state index in [1.54, 1.807) is 0 Å². The second kappa shape index (κ2) is 6.37. The minimum Gasteiger partial charge on any atom is -0.256 e. The van der Waals surface area contributed by atoms with Gasteiger partial charge in [0.05, 0.1) is 5.69 Å². The topological polar surface area (TPSA) is 12.4 Å². The number of benzene rings is 2. The summed E-state index contributed by atoms with van der Waals surface area (Å²) in [6, 6.07) is 12.9. The maximum absolute atomic E-state index is 4.80. The van der Waals surface area contributed by atoms with Crippen LogP contribution in [-0.4, -0.2) is 6.21 Å². The number of hydrogen-bond donors (Lipinski definition) is 0. The summed E-state index contributed by atoms with van der Waals surface area (Å²) in [6.07, 6.45) is 7.57. The summed E-state index contributed by atoms with van der Waals surface area (Å²) in [5, 5.41) is 0. The number of aryl methyl sites for hydroxylation is 3. The van der Waals surface area contributed by atoms with E-state index in [-0.39, 0.29) is 0 Å². The molecule has 1 aliphatic rings. The summed E-state index contributed by atoms with van der Waals surface area (Å²) < 4.78 is 0. The van der Waals surface area contributed by atoms with Gasteiger partial charge in [0.1, 0.15) is 0 Å². The summed E-state index contributed by atoms with van der Waals surface area (Å²) in [5.41, 5.74) is 10.0. The fourth-order valence-corrected chi connectivity index (χ4v) is 3.26. The zero-order valence-electron chi connectivity index (χ0n) is 14.4. The fourth-order valence-electron chi connectivity index (χ4n) is 3.26. The third-order valence-corrected chi connectivity index (χ3v) is 4.32. The Morgan fingerprint density at radius 3 is 2.30 bits per heavy atom. The zero-order valence-corrected chi connectivity index (χ0v) is 14.4. The van der Waals surface area contributed by atoms with E-state index < -0.39 is 0 Å². The van der Waals surface area contributed by atoms with Gasteiger partial charge >= 0.3 is 0 Å². The Kier molecular flexibility index (Phi) is 4.29. The van der Waals surface area contributed by atoms with E-state index in [1.165, 1.54) is 39.0 Å². The molecule has 0 unspecified atom stereocenters. The summed E-state index contributed by atoms with van der Waals surface area (Å²) in [6.45, 7) is 8.55. The van der Waals surface area contributed by atoms with E-state index in [0.717, 1.165) is 12.1 Å². The van der Waals surface area contributed by atoms with E-state index in [4.69, 9.17) is 4.99 Å². The highest BCUT2D eigenvalue weighted by Gasteiger charge is 2.09. The molecule has 1 aliphatic carbocycles. The highest BCUT2D eigenvalue weighted by atomic mass is 14.7. The van der Waals surface area contributed by atoms with Crippen molar-refractivity contribution >= 4 is 17.5 Å². The quantitative estimate of drug-likeness (QED) is 0.608. The van der Waals surface area contributed by atoms with Crippen molar-refractivity contribution < 1.29 is 0 Å². The van der Waals surface area contributed by atoms with Gasteiger partial charge in [-0.25, -0.2) is 0 Å². The fraction of sp³-hybridized carbons (Fsp3) is 0.227. The van der Waals surface area contributed by atoms with Crippen LogP contribution in [0.4, 0.5) is 5.69 Å². The molecule has 0 bridgehead atoms. The number of rotatable bonds is 3. The molecule has 0 radical (unpaired) electrons. The molecule has 2 aromatic rings. The molecule has 3 rings (SSSR count). The summed E-state index contributed by atoms with van der Waals surface area (Å²) in [5.74, 6) is 0. The molecule has 0 saturated heterocycles. The Morgan fingerprint density at radius 1 is 0.957 bits per heavy atom. The standard InChI is InChI=1S/C22H23N/c1-15-9-10-19(13-15)21-8-6-5-7-20(21)14-23-22-17(3)11-16(2)12-18(22)4/h5-9,11-14H,10H2,1-4H3/b23-14+. The maximum Gasteiger partial charge on any atom is 0.0688 e. The Morgan fingerprint density at radius 2 is 1.65 bits per heavy atom. The van der Waals surface area contributed by atoms with Gasteiger partial charge in [-0.2, -0.15) is 0 Å². The van der Waals surface area contributed by atoms with E-state index in [1.807, 2.05) is 6.21 Å². The normalized spacial score (nSPS) is 14.3. The monoisotopic (exact) mass is 301 g/mol. The molecule has 0 amide bonds. The van der Waals surface area contributed by atoms with Gasteiger partial charge in [0.2, 0.25) is 0 Å². The van der Waals surface area contributed by atoms with Gasteiger partial charge < -0.3 is 0 Å². The van der Waals surface area contributed by atoms with E-state index >= 15 is 0 Å². The second-order valence-corrected chi connectivity index (χ2v) is 6.41. The maximum atomic E-state index is 4.80. The van der Waals surface area contributed by atoms with E-state index in [0.29, 0.717) is 0 Å². The molecule has 116 valence electrons. The number of aliphatic imine (C=N–C) groups is 1. The van der Waals surface area contributed by atoms with Crippen molar-refractivity contribution in [3.8, 4) is 0 Å². The molecule has 0 fully saturated rings. The van der Waals surface area contributed by atoms with Crippen molar-refractivity contribution in [2.45, 2.75) is 34.1 Å². The lowest BCUT2D eigenvalue weighted by Gasteiger charge is -2.09. The third-order valence-electron chi connectivity index (χ3n) is 4.32. The minimum absolute atomic E-state index is 1.01. The molecule has 0 heterocycles. The highest BCUT2D eigenvalue weighted by Crippen LogP contribution is 2.29. The van der Waals surface area contributed by atoms with Crippen LogP contribution in [-0.2, 0) is 0 Å². The Balaban J connectivity index is 1.97. The molecule has 23 heavy (non-hydrogen) atoms. The number of hydrogen-bond acceptors (Lipinski definition) is 1. The predicted octanol–water partition coefficient (Wildman–Crippen LogP) is 6.10. The average molecular weight is 301 g/mol. The van der Waals surface area contributed by atoms with Crippen LogP contribution >= 0.6 is 0 Å². The predicted molar refractivity (Wildman–Crippen MR) is 101 cm³/mol. The molecular formula is C22H23N. The lowest BCUT2D eigenvalue weighted by molar-refractivity contribution is 1.29. The van der Waals surface area contributed by atoms with Crippen LogP contribution in [0.2, 0.25) is 0 Å².